The first-order chi connectivity index (χ1) is 37.9. The molecule has 0 unspecified atom stereocenters. The molecule has 0 spiro atoms. The lowest BCUT2D eigenvalue weighted by Gasteiger charge is -2.30. The smallest absolute Gasteiger partial charge is 0.326 e. The average molecular weight is 1130 g/mol. The van der Waals surface area contributed by atoms with Crippen LogP contribution in [-0.2, 0) is 65.6 Å². The fraction of sp³-hybridized carbons (Fsp3) is 0.554. The van der Waals surface area contributed by atoms with E-state index >= 15 is 0 Å². The first-order valence-electron chi connectivity index (χ1n) is 27.1. The number of nitrogens with one attached hydrogen (secondary N) is 9. The third-order valence-electron chi connectivity index (χ3n) is 13.2. The van der Waals surface area contributed by atoms with Crippen LogP contribution in [0.1, 0.15) is 112 Å². The zero-order valence-electron chi connectivity index (χ0n) is 47.7. The van der Waals surface area contributed by atoms with Gasteiger partial charge in [0.1, 0.15) is 54.1 Å². The second kappa shape index (κ2) is 31.6. The van der Waals surface area contributed by atoms with Gasteiger partial charge >= 0.3 is 11.9 Å². The van der Waals surface area contributed by atoms with E-state index in [2.05, 4.69) is 47.5 Å². The molecule has 1 aromatic heterocycles. The number of H-pyrrole nitrogens is 1. The van der Waals surface area contributed by atoms with E-state index in [-0.39, 0.29) is 55.6 Å². The molecule has 25 nitrogen and oxygen atoms in total. The number of rotatable bonds is 33. The van der Waals surface area contributed by atoms with Crippen LogP contribution in [0.5, 0.6) is 5.75 Å². The van der Waals surface area contributed by atoms with Gasteiger partial charge in [0.15, 0.2) is 0 Å². The number of fused-ring (bicyclic) bond motifs is 1. The zero-order chi connectivity index (χ0) is 61.0. The summed E-state index contributed by atoms with van der Waals surface area (Å²) in [6.07, 6.45) is -0.501. The highest BCUT2D eigenvalue weighted by Crippen LogP contribution is 2.21. The lowest BCUT2D eigenvalue weighted by molar-refractivity contribution is -0.143. The quantitative estimate of drug-likeness (QED) is 0.0400. The highest BCUT2D eigenvalue weighted by atomic mass is 16.4. The summed E-state index contributed by atoms with van der Waals surface area (Å²) in [6.45, 7) is 17.3. The Balaban J connectivity index is 1.94. The van der Waals surface area contributed by atoms with Crippen molar-refractivity contribution in [3.63, 3.8) is 0 Å². The molecule has 0 bridgehead atoms. The molecule has 9 atom stereocenters. The summed E-state index contributed by atoms with van der Waals surface area (Å²) < 4.78 is 0. The van der Waals surface area contributed by atoms with Gasteiger partial charge in [-0.15, -0.1) is 0 Å². The van der Waals surface area contributed by atoms with Crippen molar-refractivity contribution in [2.75, 3.05) is 0 Å². The Morgan fingerprint density at radius 2 is 0.951 bits per heavy atom. The SMILES string of the molecule is CC(C)C[C@H](NC(=O)[C@@H](N)C(C)C)C(=O)N[C@H](C(=O)N[C@@H](CC(C)C)C(=O)N[C@@H](CCC(N)=O)C(=O)N[C@H](C(=O)N[C@@H](Cc1c[nH]c2ccccc12)C(=O)N[C@@H](CC(=O)O)C(=O)N[C@@H](Cc1ccc(O)cc1)C(=O)O)C(C)C)C(C)C. The lowest BCUT2D eigenvalue weighted by Crippen LogP contribution is -2.62. The molecular weight excluding hydrogens is 1050 g/mol. The van der Waals surface area contributed by atoms with E-state index in [9.17, 15) is 68.1 Å². The lowest BCUT2D eigenvalue weighted by atomic mass is 9.97. The Bertz CT molecular complexity index is 2690. The van der Waals surface area contributed by atoms with E-state index in [0.717, 1.165) is 0 Å². The number of aromatic amines is 1. The van der Waals surface area contributed by atoms with Gasteiger partial charge in [-0.2, -0.15) is 0 Å². The third kappa shape index (κ3) is 21.8. The molecule has 16 N–H and O–H groups in total. The molecule has 1 heterocycles. The minimum Gasteiger partial charge on any atom is -0.508 e. The van der Waals surface area contributed by atoms with E-state index in [1.54, 1.807) is 85.9 Å². The van der Waals surface area contributed by atoms with Crippen LogP contribution in [0.2, 0.25) is 0 Å². The van der Waals surface area contributed by atoms with Crippen molar-refractivity contribution in [1.29, 1.82) is 0 Å². The second-order valence-corrected chi connectivity index (χ2v) is 22.2. The van der Waals surface area contributed by atoms with Crippen LogP contribution in [-0.4, -0.2) is 140 Å². The number of aromatic nitrogens is 1. The molecular formula is C56H83N11O14. The summed E-state index contributed by atoms with van der Waals surface area (Å²) in [6, 6.07) is -0.0763. The highest BCUT2D eigenvalue weighted by molar-refractivity contribution is 5.99. The van der Waals surface area contributed by atoms with Crippen molar-refractivity contribution < 1.29 is 68.1 Å². The molecule has 0 fully saturated rings. The number of para-hydroxylation sites is 1. The maximum Gasteiger partial charge on any atom is 0.326 e. The predicted octanol–water partition coefficient (Wildman–Crippen LogP) is 0.749. The number of amides is 9. The summed E-state index contributed by atoms with van der Waals surface area (Å²) in [5, 5.41) is 50.7. The predicted molar refractivity (Wildman–Crippen MR) is 299 cm³/mol. The normalized spacial score (nSPS) is 14.8. The number of carboxylic acid groups (broad SMARTS) is 2. The van der Waals surface area contributed by atoms with Gasteiger partial charge in [-0.05, 0) is 78.2 Å². The summed E-state index contributed by atoms with van der Waals surface area (Å²) in [5.74, 6) is -12.7. The number of aromatic hydroxyl groups is 1. The minimum absolute atomic E-state index is 0.0332. The number of phenolic OH excluding ortho intramolecular Hbond substituents is 1. The number of carbonyl (C=O) groups excluding carboxylic acids is 9. The molecule has 0 aliphatic carbocycles. The Labute approximate surface area is 471 Å². The number of carbonyl (C=O) groups is 11. The van der Waals surface area contributed by atoms with Gasteiger partial charge in [0.05, 0.1) is 12.5 Å². The number of hydrogen-bond donors (Lipinski definition) is 14. The fourth-order valence-electron chi connectivity index (χ4n) is 8.63. The van der Waals surface area contributed by atoms with Crippen LogP contribution in [0.15, 0.2) is 54.7 Å². The molecule has 25 heteroatoms. The summed E-state index contributed by atoms with van der Waals surface area (Å²) in [7, 11) is 0. The van der Waals surface area contributed by atoms with Crippen LogP contribution in [0, 0.1) is 29.6 Å². The van der Waals surface area contributed by atoms with E-state index in [4.69, 9.17) is 11.5 Å². The topological polar surface area (TPSA) is 413 Å². The molecule has 0 aliphatic rings. The van der Waals surface area contributed by atoms with Crippen molar-refractivity contribution in [2.24, 2.45) is 41.1 Å². The molecule has 0 aliphatic heterocycles. The number of carboxylic acids is 2. The van der Waals surface area contributed by atoms with Gasteiger partial charge in [0, 0.05) is 36.4 Å². The Kier molecular flexibility index (Phi) is 26.2. The number of benzene rings is 2. The van der Waals surface area contributed by atoms with Gasteiger partial charge in [-0.3, -0.25) is 47.9 Å². The first kappa shape index (κ1) is 67.2. The standard InChI is InChI=1S/C56H83N11O14/c1-27(2)21-38(63-54(78)47(31(9)10)67-52(76)39(22-28(3)4)62-53(77)45(58)29(5)6)49(73)60-37(19-20-43(57)69)48(72)66-46(30(7)8)55(79)64-40(24-33-26-59-36-14-12-11-13-35(33)36)50(74)61-41(25-44(70)71)51(75)65-42(56(80)81)23-32-15-17-34(68)18-16-32/h11-18,26-31,37-42,45-47,59,68H,19-25,58H2,1-10H3,(H2,57,69)(H,60,73)(H,61,74)(H,62,77)(H,63,78)(H,64,79)(H,65,75)(H,66,72)(H,67,76)(H,70,71)(H,80,81)/t37-,38-,39-,40-,41-,42-,45-,46-,47-/m0/s1. The Hall–Kier alpha value is -8.09. The molecule has 446 valence electrons. The second-order valence-electron chi connectivity index (χ2n) is 22.2. The molecule has 0 radical (unpaired) electrons. The summed E-state index contributed by atoms with van der Waals surface area (Å²) >= 11 is 0. The highest BCUT2D eigenvalue weighted by Gasteiger charge is 2.37. The Morgan fingerprint density at radius 3 is 1.44 bits per heavy atom. The van der Waals surface area contributed by atoms with Gasteiger partial charge in [-0.1, -0.05) is 99.6 Å². The van der Waals surface area contributed by atoms with E-state index < -0.39 is 144 Å². The summed E-state index contributed by atoms with van der Waals surface area (Å²) in [4.78, 5) is 152. The van der Waals surface area contributed by atoms with E-state index in [1.165, 1.54) is 24.3 Å². The van der Waals surface area contributed by atoms with Crippen LogP contribution >= 0.6 is 0 Å². The molecule has 3 aromatic rings. The third-order valence-corrected chi connectivity index (χ3v) is 13.2. The van der Waals surface area contributed by atoms with Crippen molar-refractivity contribution in [3.8, 4) is 5.75 Å². The molecule has 2 aromatic carbocycles. The minimum atomic E-state index is -1.87. The van der Waals surface area contributed by atoms with Gasteiger partial charge in [0.2, 0.25) is 53.2 Å². The first-order valence-corrected chi connectivity index (χ1v) is 27.1. The number of nitrogens with two attached hydrogens (primary N) is 2. The fourth-order valence-corrected chi connectivity index (χ4v) is 8.63. The molecule has 0 saturated heterocycles. The average Bonchev–Trinajstić information content (AvgIpc) is 3.79. The number of phenols is 1. The van der Waals surface area contributed by atoms with Crippen molar-refractivity contribution in [3.05, 3.63) is 65.9 Å². The maximum atomic E-state index is 14.5. The zero-order valence-corrected chi connectivity index (χ0v) is 47.7. The molecule has 3 rings (SSSR count). The van der Waals surface area contributed by atoms with Gasteiger partial charge in [0.25, 0.3) is 0 Å². The van der Waals surface area contributed by atoms with Crippen molar-refractivity contribution in [1.82, 2.24) is 47.5 Å². The monoisotopic (exact) mass is 1130 g/mol. The number of primary amides is 1. The van der Waals surface area contributed by atoms with E-state index in [1.807, 2.05) is 13.8 Å². The van der Waals surface area contributed by atoms with Crippen LogP contribution < -0.4 is 54.0 Å². The van der Waals surface area contributed by atoms with E-state index in [0.29, 0.717) is 22.0 Å². The van der Waals surface area contributed by atoms with Crippen molar-refractivity contribution in [2.45, 2.75) is 169 Å². The molecule has 0 saturated carbocycles. The maximum absolute atomic E-state index is 14.5. The molecule has 9 amide bonds. The summed E-state index contributed by atoms with van der Waals surface area (Å²) in [5.41, 5.74) is 13.1. The number of aliphatic carboxylic acids is 2. The number of hydrogen-bond acceptors (Lipinski definition) is 13. The van der Waals surface area contributed by atoms with Crippen LogP contribution in [0.4, 0.5) is 0 Å². The van der Waals surface area contributed by atoms with Crippen LogP contribution in [0.3, 0.4) is 0 Å². The Morgan fingerprint density at radius 1 is 0.506 bits per heavy atom. The largest absolute Gasteiger partial charge is 0.508 e. The molecule has 81 heavy (non-hydrogen) atoms. The van der Waals surface area contributed by atoms with Crippen molar-refractivity contribution >= 4 is 76.0 Å². The van der Waals surface area contributed by atoms with Gasteiger partial charge < -0.3 is 74.3 Å². The van der Waals surface area contributed by atoms with Gasteiger partial charge in [-0.25, -0.2) is 4.79 Å². The van der Waals surface area contributed by atoms with Crippen LogP contribution in [0.25, 0.3) is 10.9 Å².